The van der Waals surface area contributed by atoms with Crippen molar-refractivity contribution >= 4 is 0 Å². The average molecular weight is 290 g/mol. The molecule has 0 saturated carbocycles. The van der Waals surface area contributed by atoms with E-state index in [0.29, 0.717) is 6.04 Å². The van der Waals surface area contributed by atoms with Gasteiger partial charge in [-0.3, -0.25) is 0 Å². The number of nitrogens with zero attached hydrogens (tertiary/aromatic N) is 1. The molecule has 0 aromatic heterocycles. The molecule has 3 heteroatoms. The highest BCUT2D eigenvalue weighted by molar-refractivity contribution is 5.41. The van der Waals surface area contributed by atoms with Crippen LogP contribution in [0.15, 0.2) is 18.2 Å². The Morgan fingerprint density at radius 3 is 2.67 bits per heavy atom. The molecule has 1 aliphatic heterocycles. The summed E-state index contributed by atoms with van der Waals surface area (Å²) in [7, 11) is 0. The molecule has 0 bridgehead atoms. The van der Waals surface area contributed by atoms with Gasteiger partial charge in [0, 0.05) is 25.6 Å². The summed E-state index contributed by atoms with van der Waals surface area (Å²) in [5.74, 6) is 1.06. The van der Waals surface area contributed by atoms with E-state index in [9.17, 15) is 0 Å². The van der Waals surface area contributed by atoms with Crippen molar-refractivity contribution in [3.8, 4) is 5.75 Å². The standard InChI is InChI=1S/C18H30N2O/c1-6-20(7-2)13-14(3)19-12-15-8-9-17-16(10-15)11-18(4,5)21-17/h8-10,14,19H,6-7,11-13H2,1-5H3. The van der Waals surface area contributed by atoms with E-state index in [0.717, 1.165) is 38.3 Å². The zero-order valence-corrected chi connectivity index (χ0v) is 14.2. The maximum atomic E-state index is 5.93. The van der Waals surface area contributed by atoms with Crippen molar-refractivity contribution in [2.24, 2.45) is 0 Å². The Bertz CT molecular complexity index is 466. The summed E-state index contributed by atoms with van der Waals surface area (Å²) < 4.78 is 5.93. The molecule has 21 heavy (non-hydrogen) atoms. The Labute approximate surface area is 129 Å². The van der Waals surface area contributed by atoms with Crippen LogP contribution < -0.4 is 10.1 Å². The van der Waals surface area contributed by atoms with Crippen LogP contribution in [0.25, 0.3) is 0 Å². The van der Waals surface area contributed by atoms with Crippen LogP contribution >= 0.6 is 0 Å². The first kappa shape index (κ1) is 16.3. The predicted molar refractivity (Wildman–Crippen MR) is 88.9 cm³/mol. The number of likely N-dealkylation sites (N-methyl/N-ethyl adjacent to an activating group) is 1. The van der Waals surface area contributed by atoms with Crippen LogP contribution in [0.4, 0.5) is 0 Å². The van der Waals surface area contributed by atoms with Gasteiger partial charge < -0.3 is 15.0 Å². The van der Waals surface area contributed by atoms with Crippen LogP contribution in [-0.4, -0.2) is 36.2 Å². The monoisotopic (exact) mass is 290 g/mol. The second-order valence-corrected chi connectivity index (χ2v) is 6.75. The van der Waals surface area contributed by atoms with Crippen molar-refractivity contribution in [3.05, 3.63) is 29.3 Å². The van der Waals surface area contributed by atoms with Crippen molar-refractivity contribution < 1.29 is 4.74 Å². The Morgan fingerprint density at radius 2 is 2.00 bits per heavy atom. The maximum absolute atomic E-state index is 5.93. The van der Waals surface area contributed by atoms with Crippen LogP contribution in [0.5, 0.6) is 5.75 Å². The summed E-state index contributed by atoms with van der Waals surface area (Å²) in [5.41, 5.74) is 2.64. The second-order valence-electron chi connectivity index (χ2n) is 6.75. The summed E-state index contributed by atoms with van der Waals surface area (Å²) in [6.45, 7) is 15.3. The van der Waals surface area contributed by atoms with E-state index in [2.05, 4.69) is 63.0 Å². The second kappa shape index (κ2) is 6.80. The molecule has 0 amide bonds. The molecule has 0 spiro atoms. The third-order valence-corrected chi connectivity index (χ3v) is 4.21. The summed E-state index contributed by atoms with van der Waals surface area (Å²) in [5, 5.41) is 3.63. The first-order valence-electron chi connectivity index (χ1n) is 8.20. The van der Waals surface area contributed by atoms with E-state index in [1.807, 2.05) is 0 Å². The number of benzene rings is 1. The number of rotatable bonds is 7. The molecular formula is C18H30N2O. The third-order valence-electron chi connectivity index (χ3n) is 4.21. The van der Waals surface area contributed by atoms with Gasteiger partial charge in [-0.1, -0.05) is 26.0 Å². The topological polar surface area (TPSA) is 24.5 Å². The quantitative estimate of drug-likeness (QED) is 0.834. The average Bonchev–Trinajstić information content (AvgIpc) is 2.75. The molecule has 1 unspecified atom stereocenters. The van der Waals surface area contributed by atoms with Crippen LogP contribution in [-0.2, 0) is 13.0 Å². The number of hydrogen-bond donors (Lipinski definition) is 1. The molecule has 0 aliphatic carbocycles. The molecule has 1 N–H and O–H groups in total. The van der Waals surface area contributed by atoms with E-state index in [-0.39, 0.29) is 5.60 Å². The van der Waals surface area contributed by atoms with Crippen molar-refractivity contribution in [1.82, 2.24) is 10.2 Å². The highest BCUT2D eigenvalue weighted by atomic mass is 16.5. The highest BCUT2D eigenvalue weighted by Crippen LogP contribution is 2.35. The van der Waals surface area contributed by atoms with E-state index < -0.39 is 0 Å². The SMILES string of the molecule is CCN(CC)CC(C)NCc1ccc2c(c1)CC(C)(C)O2. The van der Waals surface area contributed by atoms with Gasteiger partial charge in [-0.15, -0.1) is 0 Å². The van der Waals surface area contributed by atoms with Crippen molar-refractivity contribution in [3.63, 3.8) is 0 Å². The first-order chi connectivity index (χ1) is 9.93. The van der Waals surface area contributed by atoms with Crippen molar-refractivity contribution in [1.29, 1.82) is 0 Å². The lowest BCUT2D eigenvalue weighted by atomic mass is 10.0. The van der Waals surface area contributed by atoms with Gasteiger partial charge in [-0.05, 0) is 51.1 Å². The van der Waals surface area contributed by atoms with Gasteiger partial charge >= 0.3 is 0 Å². The zero-order chi connectivity index (χ0) is 15.5. The highest BCUT2D eigenvalue weighted by Gasteiger charge is 2.29. The number of hydrogen-bond acceptors (Lipinski definition) is 3. The van der Waals surface area contributed by atoms with Crippen LogP contribution in [0.3, 0.4) is 0 Å². The summed E-state index contributed by atoms with van der Waals surface area (Å²) in [6.07, 6.45) is 1.01. The minimum atomic E-state index is -0.0512. The Hall–Kier alpha value is -1.06. The molecule has 3 nitrogen and oxygen atoms in total. The summed E-state index contributed by atoms with van der Waals surface area (Å²) >= 11 is 0. The minimum absolute atomic E-state index is 0.0512. The summed E-state index contributed by atoms with van der Waals surface area (Å²) in [4.78, 5) is 2.46. The zero-order valence-electron chi connectivity index (χ0n) is 14.2. The number of ether oxygens (including phenoxy) is 1. The minimum Gasteiger partial charge on any atom is -0.487 e. The molecule has 0 radical (unpaired) electrons. The van der Waals surface area contributed by atoms with Gasteiger partial charge in [0.05, 0.1) is 0 Å². The molecule has 1 aromatic carbocycles. The third kappa shape index (κ3) is 4.45. The van der Waals surface area contributed by atoms with Crippen molar-refractivity contribution in [2.45, 2.75) is 59.2 Å². The number of fused-ring (bicyclic) bond motifs is 1. The predicted octanol–water partition coefficient (Wildman–Crippen LogP) is 3.22. The maximum Gasteiger partial charge on any atom is 0.123 e. The smallest absolute Gasteiger partial charge is 0.123 e. The van der Waals surface area contributed by atoms with Gasteiger partial charge in [0.25, 0.3) is 0 Å². The summed E-state index contributed by atoms with van der Waals surface area (Å²) in [6, 6.07) is 7.10. The molecule has 0 saturated heterocycles. The van der Waals surface area contributed by atoms with Crippen LogP contribution in [0, 0.1) is 0 Å². The fourth-order valence-electron chi connectivity index (χ4n) is 3.00. The van der Waals surface area contributed by atoms with Gasteiger partial charge in [-0.2, -0.15) is 0 Å². The number of nitrogens with one attached hydrogen (secondary N) is 1. The lowest BCUT2D eigenvalue weighted by molar-refractivity contribution is 0.138. The largest absolute Gasteiger partial charge is 0.487 e. The van der Waals surface area contributed by atoms with Crippen LogP contribution in [0.1, 0.15) is 45.7 Å². The molecule has 1 heterocycles. The molecule has 1 atom stereocenters. The van der Waals surface area contributed by atoms with Crippen molar-refractivity contribution in [2.75, 3.05) is 19.6 Å². The molecule has 2 rings (SSSR count). The molecule has 1 aromatic rings. The fraction of sp³-hybridized carbons (Fsp3) is 0.667. The first-order valence-corrected chi connectivity index (χ1v) is 8.20. The van der Waals surface area contributed by atoms with E-state index in [1.54, 1.807) is 0 Å². The van der Waals surface area contributed by atoms with E-state index >= 15 is 0 Å². The Balaban J connectivity index is 1.88. The van der Waals surface area contributed by atoms with E-state index in [1.165, 1.54) is 11.1 Å². The van der Waals surface area contributed by atoms with Gasteiger partial charge in [0.1, 0.15) is 11.4 Å². The Morgan fingerprint density at radius 1 is 1.29 bits per heavy atom. The molecule has 0 fully saturated rings. The lowest BCUT2D eigenvalue weighted by Gasteiger charge is -2.23. The molecular weight excluding hydrogens is 260 g/mol. The Kier molecular flexibility index (Phi) is 5.28. The van der Waals surface area contributed by atoms with Gasteiger partial charge in [-0.25, -0.2) is 0 Å². The fourth-order valence-corrected chi connectivity index (χ4v) is 3.00. The molecule has 118 valence electrons. The van der Waals surface area contributed by atoms with Gasteiger partial charge in [0.2, 0.25) is 0 Å². The normalized spacial score (nSPS) is 17.6. The lowest BCUT2D eigenvalue weighted by Crippen LogP contribution is -2.38. The molecule has 1 aliphatic rings. The van der Waals surface area contributed by atoms with Gasteiger partial charge in [0.15, 0.2) is 0 Å². The van der Waals surface area contributed by atoms with Crippen LogP contribution in [0.2, 0.25) is 0 Å². The van der Waals surface area contributed by atoms with E-state index in [4.69, 9.17) is 4.74 Å².